The van der Waals surface area contributed by atoms with Crippen LogP contribution < -0.4 is 0 Å². The van der Waals surface area contributed by atoms with Crippen LogP contribution in [0.3, 0.4) is 0 Å². The van der Waals surface area contributed by atoms with Crippen molar-refractivity contribution in [2.45, 2.75) is 26.2 Å². The summed E-state index contributed by atoms with van der Waals surface area (Å²) in [7, 11) is 0. The number of rotatable bonds is 5. The van der Waals surface area contributed by atoms with E-state index in [1.807, 2.05) is 31.4 Å². The summed E-state index contributed by atoms with van der Waals surface area (Å²) in [5.41, 5.74) is 0.136. The number of carbonyl (C=O) groups is 1. The van der Waals surface area contributed by atoms with Crippen molar-refractivity contribution >= 4 is 28.9 Å². The zero-order chi connectivity index (χ0) is 14.5. The van der Waals surface area contributed by atoms with Gasteiger partial charge in [0.05, 0.1) is 17.8 Å². The first-order valence-electron chi connectivity index (χ1n) is 6.30. The van der Waals surface area contributed by atoms with Gasteiger partial charge in [0.25, 0.3) is 0 Å². The van der Waals surface area contributed by atoms with Crippen molar-refractivity contribution in [1.29, 1.82) is 0 Å². The Bertz CT molecular complexity index is 585. The van der Waals surface area contributed by atoms with E-state index in [9.17, 15) is 4.79 Å². The minimum absolute atomic E-state index is 0.130. The summed E-state index contributed by atoms with van der Waals surface area (Å²) >= 11 is 7.59. The largest absolute Gasteiger partial charge is 0.461 e. The lowest BCUT2D eigenvalue weighted by molar-refractivity contribution is 0.0502. The summed E-state index contributed by atoms with van der Waals surface area (Å²) in [5, 5.41) is 2.21. The average Bonchev–Trinajstić information content (AvgIpc) is 2.92. The van der Waals surface area contributed by atoms with E-state index in [0.717, 1.165) is 0 Å². The number of esters is 1. The summed E-state index contributed by atoms with van der Waals surface area (Å²) in [6.07, 6.45) is 2.14. The van der Waals surface area contributed by atoms with Gasteiger partial charge in [-0.3, -0.25) is 0 Å². The van der Waals surface area contributed by atoms with Gasteiger partial charge in [0, 0.05) is 17.2 Å². The third-order valence-electron chi connectivity index (χ3n) is 2.63. The molecular formula is C14H15ClN2O2S. The van der Waals surface area contributed by atoms with Crippen molar-refractivity contribution in [3.8, 4) is 0 Å². The SMILES string of the molecule is CC(C)c1ncc(Cl)c(C(=O)OCCc2cccs2)n1. The van der Waals surface area contributed by atoms with Gasteiger partial charge in [-0.25, -0.2) is 14.8 Å². The minimum Gasteiger partial charge on any atom is -0.461 e. The van der Waals surface area contributed by atoms with E-state index < -0.39 is 5.97 Å². The molecule has 0 spiro atoms. The number of ether oxygens (including phenoxy) is 1. The maximum Gasteiger partial charge on any atom is 0.358 e. The van der Waals surface area contributed by atoms with E-state index in [0.29, 0.717) is 18.9 Å². The topological polar surface area (TPSA) is 52.1 Å². The second-order valence-corrected chi connectivity index (χ2v) is 5.98. The van der Waals surface area contributed by atoms with Crippen molar-refractivity contribution in [1.82, 2.24) is 9.97 Å². The second kappa shape index (κ2) is 6.81. The fourth-order valence-electron chi connectivity index (χ4n) is 1.57. The smallest absolute Gasteiger partial charge is 0.358 e. The first-order chi connectivity index (χ1) is 9.58. The Morgan fingerprint density at radius 2 is 2.30 bits per heavy atom. The molecule has 0 N–H and O–H groups in total. The maximum atomic E-state index is 12.0. The van der Waals surface area contributed by atoms with Crippen LogP contribution in [-0.2, 0) is 11.2 Å². The number of halogens is 1. The number of thiophene rings is 1. The molecule has 2 aromatic heterocycles. The standard InChI is InChI=1S/C14H15ClN2O2S/c1-9(2)13-16-8-11(15)12(17-13)14(18)19-6-5-10-4-3-7-20-10/h3-4,7-9H,5-6H2,1-2H3. The van der Waals surface area contributed by atoms with Crippen molar-refractivity contribution in [3.05, 3.63) is 45.1 Å². The average molecular weight is 311 g/mol. The Labute approximate surface area is 126 Å². The molecule has 0 aliphatic rings. The Morgan fingerprint density at radius 1 is 1.50 bits per heavy atom. The third kappa shape index (κ3) is 3.77. The van der Waals surface area contributed by atoms with Crippen LogP contribution >= 0.6 is 22.9 Å². The fourth-order valence-corrected chi connectivity index (χ4v) is 2.43. The predicted molar refractivity (Wildman–Crippen MR) is 79.4 cm³/mol. The van der Waals surface area contributed by atoms with Crippen LogP contribution in [0.5, 0.6) is 0 Å². The molecule has 0 saturated carbocycles. The predicted octanol–water partition coefficient (Wildman–Crippen LogP) is 3.71. The summed E-state index contributed by atoms with van der Waals surface area (Å²) in [4.78, 5) is 21.4. The van der Waals surface area contributed by atoms with Crippen LogP contribution in [0.25, 0.3) is 0 Å². The first-order valence-corrected chi connectivity index (χ1v) is 7.55. The fraction of sp³-hybridized carbons (Fsp3) is 0.357. The molecule has 2 aromatic rings. The maximum absolute atomic E-state index is 12.0. The van der Waals surface area contributed by atoms with Crippen LogP contribution in [-0.4, -0.2) is 22.5 Å². The highest BCUT2D eigenvalue weighted by atomic mass is 35.5. The minimum atomic E-state index is -0.504. The molecule has 4 nitrogen and oxygen atoms in total. The Balaban J connectivity index is 1.99. The number of carbonyl (C=O) groups excluding carboxylic acids is 1. The molecule has 20 heavy (non-hydrogen) atoms. The van der Waals surface area contributed by atoms with Gasteiger partial charge in [0.15, 0.2) is 5.69 Å². The Hall–Kier alpha value is -1.46. The normalized spacial score (nSPS) is 10.8. The van der Waals surface area contributed by atoms with Gasteiger partial charge in [0.1, 0.15) is 5.82 Å². The highest BCUT2D eigenvalue weighted by molar-refractivity contribution is 7.09. The van der Waals surface area contributed by atoms with E-state index >= 15 is 0 Å². The lowest BCUT2D eigenvalue weighted by Crippen LogP contribution is -2.12. The van der Waals surface area contributed by atoms with Crippen LogP contribution in [0, 0.1) is 0 Å². The second-order valence-electron chi connectivity index (χ2n) is 4.54. The van der Waals surface area contributed by atoms with E-state index in [1.165, 1.54) is 11.1 Å². The van der Waals surface area contributed by atoms with Crippen LogP contribution in [0.15, 0.2) is 23.7 Å². The zero-order valence-corrected chi connectivity index (χ0v) is 12.9. The molecule has 106 valence electrons. The molecule has 0 radical (unpaired) electrons. The Kier molecular flexibility index (Phi) is 5.09. The molecule has 0 aromatic carbocycles. The van der Waals surface area contributed by atoms with E-state index in [2.05, 4.69) is 9.97 Å². The molecule has 0 saturated heterocycles. The number of hydrogen-bond acceptors (Lipinski definition) is 5. The monoisotopic (exact) mass is 310 g/mol. The molecule has 0 unspecified atom stereocenters. The van der Waals surface area contributed by atoms with Gasteiger partial charge < -0.3 is 4.74 Å². The third-order valence-corrected chi connectivity index (χ3v) is 3.85. The van der Waals surface area contributed by atoms with Gasteiger partial charge >= 0.3 is 5.97 Å². The molecule has 0 fully saturated rings. The first kappa shape index (κ1) is 14.9. The van der Waals surface area contributed by atoms with E-state index in [-0.39, 0.29) is 16.6 Å². The molecule has 0 atom stereocenters. The van der Waals surface area contributed by atoms with Gasteiger partial charge in [-0.15, -0.1) is 11.3 Å². The van der Waals surface area contributed by atoms with E-state index in [1.54, 1.807) is 11.3 Å². The van der Waals surface area contributed by atoms with Crippen molar-refractivity contribution in [3.63, 3.8) is 0 Å². The van der Waals surface area contributed by atoms with Crippen LogP contribution in [0.2, 0.25) is 5.02 Å². The van der Waals surface area contributed by atoms with Crippen molar-refractivity contribution in [2.24, 2.45) is 0 Å². The molecule has 2 heterocycles. The molecular weight excluding hydrogens is 296 g/mol. The lowest BCUT2D eigenvalue weighted by Gasteiger charge is -2.08. The van der Waals surface area contributed by atoms with Crippen LogP contribution in [0.1, 0.15) is 41.0 Å². The molecule has 6 heteroatoms. The van der Waals surface area contributed by atoms with Gasteiger partial charge in [-0.1, -0.05) is 31.5 Å². The lowest BCUT2D eigenvalue weighted by atomic mass is 10.2. The number of hydrogen-bond donors (Lipinski definition) is 0. The van der Waals surface area contributed by atoms with E-state index in [4.69, 9.17) is 16.3 Å². The highest BCUT2D eigenvalue weighted by Gasteiger charge is 2.16. The summed E-state index contributed by atoms with van der Waals surface area (Å²) < 4.78 is 5.21. The molecule has 0 aliphatic carbocycles. The van der Waals surface area contributed by atoms with Gasteiger partial charge in [0.2, 0.25) is 0 Å². The molecule has 0 amide bonds. The van der Waals surface area contributed by atoms with Gasteiger partial charge in [-0.2, -0.15) is 0 Å². The number of aromatic nitrogens is 2. The molecule has 2 rings (SSSR count). The highest BCUT2D eigenvalue weighted by Crippen LogP contribution is 2.17. The zero-order valence-electron chi connectivity index (χ0n) is 11.3. The molecule has 0 aliphatic heterocycles. The molecule has 0 bridgehead atoms. The Morgan fingerprint density at radius 3 is 2.95 bits per heavy atom. The van der Waals surface area contributed by atoms with Crippen molar-refractivity contribution in [2.75, 3.05) is 6.61 Å². The van der Waals surface area contributed by atoms with Crippen molar-refractivity contribution < 1.29 is 9.53 Å². The quantitative estimate of drug-likeness (QED) is 0.790. The number of nitrogens with zero attached hydrogens (tertiary/aromatic N) is 2. The van der Waals surface area contributed by atoms with Crippen LogP contribution in [0.4, 0.5) is 0 Å². The summed E-state index contributed by atoms with van der Waals surface area (Å²) in [6.45, 7) is 4.22. The van der Waals surface area contributed by atoms with Gasteiger partial charge in [-0.05, 0) is 11.4 Å². The summed E-state index contributed by atoms with van der Waals surface area (Å²) in [6, 6.07) is 3.98. The summed E-state index contributed by atoms with van der Waals surface area (Å²) in [5.74, 6) is 0.209.